The lowest BCUT2D eigenvalue weighted by atomic mass is 10.1. The zero-order valence-corrected chi connectivity index (χ0v) is 9.99. The average Bonchev–Trinajstić information content (AvgIpc) is 2.29. The zero-order chi connectivity index (χ0) is 12.0. The highest BCUT2D eigenvalue weighted by Crippen LogP contribution is 2.10. The first kappa shape index (κ1) is 12.7. The van der Waals surface area contributed by atoms with Crippen molar-refractivity contribution in [3.63, 3.8) is 0 Å². The monoisotopic (exact) mass is 220 g/mol. The highest BCUT2D eigenvalue weighted by Gasteiger charge is 2.05. The van der Waals surface area contributed by atoms with Crippen LogP contribution in [0.4, 0.5) is 5.69 Å². The van der Waals surface area contributed by atoms with Gasteiger partial charge < -0.3 is 11.1 Å². The summed E-state index contributed by atoms with van der Waals surface area (Å²) in [5, 5.41) is 2.87. The third-order valence-electron chi connectivity index (χ3n) is 2.60. The van der Waals surface area contributed by atoms with Crippen LogP contribution in [0.5, 0.6) is 0 Å². The molecular weight excluding hydrogens is 200 g/mol. The molecule has 1 aromatic carbocycles. The van der Waals surface area contributed by atoms with Crippen LogP contribution >= 0.6 is 0 Å². The number of benzene rings is 1. The van der Waals surface area contributed by atoms with E-state index in [0.717, 1.165) is 12.1 Å². The summed E-state index contributed by atoms with van der Waals surface area (Å²) in [7, 11) is 0. The lowest BCUT2D eigenvalue weighted by Crippen LogP contribution is -2.16. The molecule has 0 aliphatic rings. The SMILES string of the molecule is Cc1ccc(NC(=O)CCC(C)CN)cc1. The standard InChI is InChI=1S/C13H20N2O/c1-10-3-6-12(7-4-10)15-13(16)8-5-11(2)9-14/h3-4,6-7,11H,5,8-9,14H2,1-2H3,(H,15,16). The Morgan fingerprint density at radius 1 is 1.38 bits per heavy atom. The first-order valence-corrected chi connectivity index (χ1v) is 5.68. The van der Waals surface area contributed by atoms with E-state index in [1.165, 1.54) is 5.56 Å². The van der Waals surface area contributed by atoms with Crippen molar-refractivity contribution >= 4 is 11.6 Å². The summed E-state index contributed by atoms with van der Waals surface area (Å²) in [6.07, 6.45) is 1.38. The van der Waals surface area contributed by atoms with Gasteiger partial charge in [0.25, 0.3) is 0 Å². The summed E-state index contributed by atoms with van der Waals surface area (Å²) in [6.45, 7) is 4.71. The van der Waals surface area contributed by atoms with Crippen LogP contribution in [0.2, 0.25) is 0 Å². The first-order valence-electron chi connectivity index (χ1n) is 5.68. The van der Waals surface area contributed by atoms with Gasteiger partial charge in [0.2, 0.25) is 5.91 Å². The number of rotatable bonds is 5. The summed E-state index contributed by atoms with van der Waals surface area (Å²) in [5.74, 6) is 0.466. The fourth-order valence-electron chi connectivity index (χ4n) is 1.36. The number of nitrogens with two attached hydrogens (primary N) is 1. The highest BCUT2D eigenvalue weighted by molar-refractivity contribution is 5.90. The molecule has 16 heavy (non-hydrogen) atoms. The molecule has 0 radical (unpaired) electrons. The largest absolute Gasteiger partial charge is 0.330 e. The lowest BCUT2D eigenvalue weighted by molar-refractivity contribution is -0.116. The van der Waals surface area contributed by atoms with Crippen LogP contribution in [0.15, 0.2) is 24.3 Å². The quantitative estimate of drug-likeness (QED) is 0.800. The maximum atomic E-state index is 11.6. The summed E-state index contributed by atoms with van der Waals surface area (Å²) >= 11 is 0. The molecule has 88 valence electrons. The Balaban J connectivity index is 2.37. The van der Waals surface area contributed by atoms with Crippen LogP contribution in [0.3, 0.4) is 0 Å². The van der Waals surface area contributed by atoms with E-state index >= 15 is 0 Å². The predicted molar refractivity (Wildman–Crippen MR) is 67.3 cm³/mol. The van der Waals surface area contributed by atoms with E-state index < -0.39 is 0 Å². The molecule has 0 aliphatic heterocycles. The molecule has 0 spiro atoms. The van der Waals surface area contributed by atoms with Gasteiger partial charge in [0.15, 0.2) is 0 Å². The number of aryl methyl sites for hydroxylation is 1. The molecule has 1 atom stereocenters. The Kier molecular flexibility index (Phi) is 4.99. The van der Waals surface area contributed by atoms with E-state index in [2.05, 4.69) is 12.2 Å². The first-order chi connectivity index (χ1) is 7.61. The van der Waals surface area contributed by atoms with E-state index in [1.54, 1.807) is 0 Å². The molecule has 1 unspecified atom stereocenters. The number of nitrogens with one attached hydrogen (secondary N) is 1. The van der Waals surface area contributed by atoms with Gasteiger partial charge in [-0.15, -0.1) is 0 Å². The van der Waals surface area contributed by atoms with Crippen molar-refractivity contribution in [2.45, 2.75) is 26.7 Å². The Hall–Kier alpha value is -1.35. The molecule has 0 aliphatic carbocycles. The minimum absolute atomic E-state index is 0.0594. The average molecular weight is 220 g/mol. The van der Waals surface area contributed by atoms with Crippen molar-refractivity contribution in [2.75, 3.05) is 11.9 Å². The molecule has 0 aromatic heterocycles. The second kappa shape index (κ2) is 6.28. The van der Waals surface area contributed by atoms with Crippen LogP contribution in [0.1, 0.15) is 25.3 Å². The Morgan fingerprint density at radius 2 is 2.00 bits per heavy atom. The summed E-state index contributed by atoms with van der Waals surface area (Å²) in [5.41, 5.74) is 7.54. The van der Waals surface area contributed by atoms with Crippen LogP contribution < -0.4 is 11.1 Å². The molecule has 1 aromatic rings. The van der Waals surface area contributed by atoms with Gasteiger partial charge in [-0.25, -0.2) is 0 Å². The Labute approximate surface area is 97.0 Å². The van der Waals surface area contributed by atoms with Gasteiger partial charge in [-0.05, 0) is 37.9 Å². The Bertz CT molecular complexity index is 332. The van der Waals surface area contributed by atoms with E-state index in [4.69, 9.17) is 5.73 Å². The maximum absolute atomic E-state index is 11.6. The molecule has 3 nitrogen and oxygen atoms in total. The van der Waals surface area contributed by atoms with Gasteiger partial charge >= 0.3 is 0 Å². The number of hydrogen-bond acceptors (Lipinski definition) is 2. The third kappa shape index (κ3) is 4.45. The van der Waals surface area contributed by atoms with Gasteiger partial charge in [-0.3, -0.25) is 4.79 Å². The van der Waals surface area contributed by atoms with Crippen LogP contribution in [0.25, 0.3) is 0 Å². The van der Waals surface area contributed by atoms with Crippen LogP contribution in [-0.4, -0.2) is 12.5 Å². The normalized spacial score (nSPS) is 12.2. The molecular formula is C13H20N2O. The van der Waals surface area contributed by atoms with Crippen molar-refractivity contribution in [3.8, 4) is 0 Å². The van der Waals surface area contributed by atoms with Crippen LogP contribution in [0, 0.1) is 12.8 Å². The molecule has 3 heteroatoms. The van der Waals surface area contributed by atoms with Gasteiger partial charge in [-0.1, -0.05) is 24.6 Å². The maximum Gasteiger partial charge on any atom is 0.224 e. The fraction of sp³-hybridized carbons (Fsp3) is 0.462. The lowest BCUT2D eigenvalue weighted by Gasteiger charge is -2.08. The second-order valence-electron chi connectivity index (χ2n) is 4.29. The van der Waals surface area contributed by atoms with Gasteiger partial charge in [-0.2, -0.15) is 0 Å². The van der Waals surface area contributed by atoms with Crippen molar-refractivity contribution in [1.29, 1.82) is 0 Å². The molecule has 1 rings (SSSR count). The summed E-state index contributed by atoms with van der Waals surface area (Å²) in [6, 6.07) is 7.80. The smallest absolute Gasteiger partial charge is 0.224 e. The number of hydrogen-bond donors (Lipinski definition) is 2. The molecule has 0 bridgehead atoms. The zero-order valence-electron chi connectivity index (χ0n) is 9.99. The molecule has 0 heterocycles. The second-order valence-corrected chi connectivity index (χ2v) is 4.29. The third-order valence-corrected chi connectivity index (χ3v) is 2.60. The van der Waals surface area contributed by atoms with E-state index in [0.29, 0.717) is 18.9 Å². The highest BCUT2D eigenvalue weighted by atomic mass is 16.1. The Morgan fingerprint density at radius 3 is 2.56 bits per heavy atom. The van der Waals surface area contributed by atoms with Crippen molar-refractivity contribution in [1.82, 2.24) is 0 Å². The van der Waals surface area contributed by atoms with Crippen LogP contribution in [-0.2, 0) is 4.79 Å². The molecule has 1 amide bonds. The van der Waals surface area contributed by atoms with Crippen molar-refractivity contribution in [3.05, 3.63) is 29.8 Å². The number of amides is 1. The molecule has 0 fully saturated rings. The molecule has 0 saturated heterocycles. The number of anilines is 1. The van der Waals surface area contributed by atoms with Gasteiger partial charge in [0.1, 0.15) is 0 Å². The van der Waals surface area contributed by atoms with E-state index in [9.17, 15) is 4.79 Å². The number of carbonyl (C=O) groups excluding carboxylic acids is 1. The van der Waals surface area contributed by atoms with Crippen molar-refractivity contribution in [2.24, 2.45) is 11.7 Å². The van der Waals surface area contributed by atoms with E-state index in [1.807, 2.05) is 31.2 Å². The van der Waals surface area contributed by atoms with Crippen molar-refractivity contribution < 1.29 is 4.79 Å². The van der Waals surface area contributed by atoms with E-state index in [-0.39, 0.29) is 5.91 Å². The minimum Gasteiger partial charge on any atom is -0.330 e. The molecule has 3 N–H and O–H groups in total. The molecule has 0 saturated carbocycles. The number of carbonyl (C=O) groups is 1. The summed E-state index contributed by atoms with van der Waals surface area (Å²) in [4.78, 5) is 11.6. The minimum atomic E-state index is 0.0594. The van der Waals surface area contributed by atoms with Gasteiger partial charge in [0, 0.05) is 12.1 Å². The predicted octanol–water partition coefficient (Wildman–Crippen LogP) is 2.31. The fourth-order valence-corrected chi connectivity index (χ4v) is 1.36. The summed E-state index contributed by atoms with van der Waals surface area (Å²) < 4.78 is 0. The topological polar surface area (TPSA) is 55.1 Å². The van der Waals surface area contributed by atoms with Gasteiger partial charge in [0.05, 0.1) is 0 Å².